The number of thiazole rings is 2. The maximum Gasteiger partial charge on any atom is 0.175 e. The van der Waals surface area contributed by atoms with Gasteiger partial charge in [0.25, 0.3) is 0 Å². The summed E-state index contributed by atoms with van der Waals surface area (Å²) in [5.74, 6) is 4.26. The van der Waals surface area contributed by atoms with Crippen molar-refractivity contribution in [2.75, 3.05) is 43.5 Å². The fourth-order valence-corrected chi connectivity index (χ4v) is 8.04. The van der Waals surface area contributed by atoms with Crippen molar-refractivity contribution >= 4 is 61.0 Å². The lowest BCUT2D eigenvalue weighted by Gasteiger charge is -2.25. The lowest BCUT2D eigenvalue weighted by Crippen LogP contribution is -2.16. The predicted octanol–water partition coefficient (Wildman–Crippen LogP) is 10.2. The summed E-state index contributed by atoms with van der Waals surface area (Å²) >= 11 is 3.20. The van der Waals surface area contributed by atoms with E-state index < -0.39 is 9.84 Å². The number of rotatable bonds is 18. The molecule has 14 heteroatoms. The third-order valence-electron chi connectivity index (χ3n) is 10.0. The van der Waals surface area contributed by atoms with Gasteiger partial charge in [-0.2, -0.15) is 0 Å². The molecule has 0 bridgehead atoms. The number of nitrogens with zero attached hydrogens (tertiary/aromatic N) is 4. The largest absolute Gasteiger partial charge is 0.493 e. The summed E-state index contributed by atoms with van der Waals surface area (Å²) in [6, 6.07) is 26.5. The zero-order valence-electron chi connectivity index (χ0n) is 33.6. The molecule has 6 aromatic rings. The van der Waals surface area contributed by atoms with Crippen LogP contribution in [0.25, 0.3) is 0 Å². The van der Waals surface area contributed by atoms with E-state index in [1.807, 2.05) is 90.7 Å². The number of hydrogen-bond acceptors (Lipinski definition) is 13. The Morgan fingerprint density at radius 1 is 0.644 bits per heavy atom. The van der Waals surface area contributed by atoms with Crippen LogP contribution in [0.15, 0.2) is 113 Å². The van der Waals surface area contributed by atoms with Crippen LogP contribution in [0.2, 0.25) is 0 Å². The molecule has 308 valence electrons. The molecule has 2 saturated carbocycles. The van der Waals surface area contributed by atoms with E-state index in [-0.39, 0.29) is 5.78 Å². The molecule has 2 aliphatic carbocycles. The van der Waals surface area contributed by atoms with Crippen molar-refractivity contribution in [3.63, 3.8) is 0 Å². The zero-order valence-corrected chi connectivity index (χ0v) is 36.0. The molecular formula is C45H48N4O7S3. The predicted molar refractivity (Wildman–Crippen MR) is 234 cm³/mol. The van der Waals surface area contributed by atoms with E-state index in [2.05, 4.69) is 19.8 Å². The SMILES string of the molecule is COc1ccc(N(Cc2cncs2)c2ccc(C(C)=O)cc2)cc1OCC1CC1.COc1ccc(N(Cc2cncs2)c2ccc(S(C)(=O)=O)cc2)cc1OCC1CC1. The van der Waals surface area contributed by atoms with Crippen molar-refractivity contribution in [1.29, 1.82) is 0 Å². The molecule has 0 spiro atoms. The molecular weight excluding hydrogens is 805 g/mol. The second-order valence-corrected chi connectivity index (χ2v) is 18.6. The van der Waals surface area contributed by atoms with Gasteiger partial charge in [-0.05, 0) is 117 Å². The number of Topliss-reactive ketones (excluding diaryl/α,β-unsaturated/α-hetero) is 1. The van der Waals surface area contributed by atoms with Crippen LogP contribution in [0.3, 0.4) is 0 Å². The van der Waals surface area contributed by atoms with Crippen LogP contribution in [-0.4, -0.2) is 57.9 Å². The molecule has 4 aromatic carbocycles. The van der Waals surface area contributed by atoms with Gasteiger partial charge in [-0.1, -0.05) is 0 Å². The second kappa shape index (κ2) is 19.1. The molecule has 0 radical (unpaired) electrons. The Morgan fingerprint density at radius 3 is 1.42 bits per heavy atom. The number of carbonyl (C=O) groups excluding carboxylic acids is 1. The number of ketones is 1. The highest BCUT2D eigenvalue weighted by Crippen LogP contribution is 2.40. The van der Waals surface area contributed by atoms with Crippen LogP contribution < -0.4 is 28.7 Å². The molecule has 2 heterocycles. The van der Waals surface area contributed by atoms with Crippen LogP contribution in [0.4, 0.5) is 22.7 Å². The summed E-state index contributed by atoms with van der Waals surface area (Å²) in [6.07, 6.45) is 9.85. The average molecular weight is 853 g/mol. The molecule has 0 unspecified atom stereocenters. The summed E-state index contributed by atoms with van der Waals surface area (Å²) < 4.78 is 46.7. The Bertz CT molecular complexity index is 2400. The standard InChI is InChI=1S/C23H24N2O3S.C22H24N2O4S2/c1-16(26)18-5-7-19(8-6-18)25(13-21-12-24-15-29-21)20-9-10-22(27-2)23(11-20)28-14-17-3-4-17;1-27-21-10-7-18(11-22(21)28-14-16-3-4-16)24(13-19-12-23-15-29-19)17-5-8-20(9-6-17)30(2,25)26/h5-12,15,17H,3-4,13-14H2,1-2H3;5-12,15-16H,3-4,13-14H2,1-2H3. The van der Waals surface area contributed by atoms with Gasteiger partial charge in [-0.25, -0.2) is 8.42 Å². The van der Waals surface area contributed by atoms with Gasteiger partial charge in [-0.3, -0.25) is 14.8 Å². The maximum absolute atomic E-state index is 11.8. The van der Waals surface area contributed by atoms with Crippen molar-refractivity contribution in [2.45, 2.75) is 50.6 Å². The number of anilines is 4. The normalized spacial score (nSPS) is 13.5. The lowest BCUT2D eigenvalue weighted by atomic mass is 10.1. The van der Waals surface area contributed by atoms with Gasteiger partial charge < -0.3 is 28.7 Å². The molecule has 2 fully saturated rings. The Balaban J connectivity index is 0.000000179. The van der Waals surface area contributed by atoms with Gasteiger partial charge in [-0.15, -0.1) is 22.7 Å². The molecule has 0 atom stereocenters. The number of aromatic nitrogens is 2. The van der Waals surface area contributed by atoms with E-state index in [1.165, 1.54) is 31.9 Å². The highest BCUT2D eigenvalue weighted by molar-refractivity contribution is 7.90. The van der Waals surface area contributed by atoms with Crippen molar-refractivity contribution < 1.29 is 32.2 Å². The molecule has 0 N–H and O–H groups in total. The Hall–Kier alpha value is -5.44. The summed E-state index contributed by atoms with van der Waals surface area (Å²) in [5, 5.41) is 0. The Kier molecular flexibility index (Phi) is 13.5. The highest BCUT2D eigenvalue weighted by Gasteiger charge is 2.24. The zero-order chi connectivity index (χ0) is 41.4. The summed E-state index contributed by atoms with van der Waals surface area (Å²) in [6.45, 7) is 4.28. The van der Waals surface area contributed by atoms with E-state index in [9.17, 15) is 13.2 Å². The number of hydrogen-bond donors (Lipinski definition) is 0. The topological polar surface area (TPSA) is 120 Å². The van der Waals surface area contributed by atoms with Gasteiger partial charge in [0.2, 0.25) is 0 Å². The Labute approximate surface area is 354 Å². The summed E-state index contributed by atoms with van der Waals surface area (Å²) in [4.78, 5) is 26.9. The van der Waals surface area contributed by atoms with Gasteiger partial charge in [0.15, 0.2) is 38.6 Å². The van der Waals surface area contributed by atoms with Crippen LogP contribution in [-0.2, 0) is 22.9 Å². The summed E-state index contributed by atoms with van der Waals surface area (Å²) in [7, 11) is 0.0500. The van der Waals surface area contributed by atoms with E-state index >= 15 is 0 Å². The third kappa shape index (κ3) is 11.4. The first-order valence-electron chi connectivity index (χ1n) is 19.4. The number of ether oxygens (including phenoxy) is 4. The van der Waals surface area contributed by atoms with Crippen molar-refractivity contribution in [3.05, 3.63) is 124 Å². The fourth-order valence-electron chi connectivity index (χ4n) is 6.24. The van der Waals surface area contributed by atoms with Crippen LogP contribution in [0.5, 0.6) is 23.0 Å². The quantitative estimate of drug-likeness (QED) is 0.0769. The maximum atomic E-state index is 11.8. The second-order valence-electron chi connectivity index (χ2n) is 14.7. The van der Waals surface area contributed by atoms with E-state index in [4.69, 9.17) is 18.9 Å². The van der Waals surface area contributed by atoms with E-state index in [1.54, 1.807) is 61.5 Å². The lowest BCUT2D eigenvalue weighted by molar-refractivity contribution is 0.101. The number of sulfone groups is 1. The van der Waals surface area contributed by atoms with Gasteiger partial charge >= 0.3 is 0 Å². The van der Waals surface area contributed by atoms with Gasteiger partial charge in [0.1, 0.15) is 0 Å². The average Bonchev–Trinajstić information content (AvgIpc) is 4.15. The monoisotopic (exact) mass is 852 g/mol. The van der Waals surface area contributed by atoms with Crippen LogP contribution in [0.1, 0.15) is 52.7 Å². The van der Waals surface area contributed by atoms with Crippen LogP contribution in [0, 0.1) is 11.8 Å². The van der Waals surface area contributed by atoms with Crippen molar-refractivity contribution in [3.8, 4) is 23.0 Å². The number of benzene rings is 4. The molecule has 0 amide bonds. The molecule has 2 aromatic heterocycles. The number of methoxy groups -OCH3 is 2. The van der Waals surface area contributed by atoms with Crippen LogP contribution >= 0.6 is 22.7 Å². The first-order chi connectivity index (χ1) is 28.6. The molecule has 0 aliphatic heterocycles. The molecule has 8 rings (SSSR count). The van der Waals surface area contributed by atoms with E-state index in [0.29, 0.717) is 53.5 Å². The minimum Gasteiger partial charge on any atom is -0.493 e. The third-order valence-corrected chi connectivity index (χ3v) is 12.7. The first-order valence-corrected chi connectivity index (χ1v) is 23.1. The van der Waals surface area contributed by atoms with E-state index in [0.717, 1.165) is 50.6 Å². The van der Waals surface area contributed by atoms with Gasteiger partial charge in [0.05, 0.1) is 56.4 Å². The van der Waals surface area contributed by atoms with Gasteiger partial charge in [0, 0.05) is 68.8 Å². The number of carbonyl (C=O) groups is 1. The van der Waals surface area contributed by atoms with Crippen molar-refractivity contribution in [1.82, 2.24) is 9.97 Å². The summed E-state index contributed by atoms with van der Waals surface area (Å²) in [5.41, 5.74) is 8.16. The van der Waals surface area contributed by atoms with Crippen molar-refractivity contribution in [2.24, 2.45) is 11.8 Å². The smallest absolute Gasteiger partial charge is 0.175 e. The highest BCUT2D eigenvalue weighted by atomic mass is 32.2. The molecule has 0 saturated heterocycles. The molecule has 2 aliphatic rings. The first kappa shape index (κ1) is 41.7. The minimum atomic E-state index is -3.25. The molecule has 59 heavy (non-hydrogen) atoms. The minimum absolute atomic E-state index is 0.0609. The fraction of sp³-hybridized carbons (Fsp3) is 0.311. The Morgan fingerprint density at radius 2 is 1.07 bits per heavy atom. The molecule has 11 nitrogen and oxygen atoms in total.